The van der Waals surface area contributed by atoms with Gasteiger partial charge in [-0.05, 0) is 42.3 Å². The lowest BCUT2D eigenvalue weighted by molar-refractivity contribution is 0.0967. The normalized spacial score (nSPS) is 11.5. The van der Waals surface area contributed by atoms with Crippen molar-refractivity contribution in [3.63, 3.8) is 0 Å². The van der Waals surface area contributed by atoms with Crippen molar-refractivity contribution in [2.45, 2.75) is 18.4 Å². The molecule has 2 aromatic carbocycles. The monoisotopic (exact) mass is 489 g/mol. The van der Waals surface area contributed by atoms with E-state index in [4.69, 9.17) is 4.74 Å². The minimum absolute atomic E-state index is 0.0429. The molecule has 174 valence electrons. The van der Waals surface area contributed by atoms with Gasteiger partial charge in [-0.2, -0.15) is 8.42 Å². The zero-order valence-corrected chi connectivity index (χ0v) is 20.3. The molecule has 3 rings (SSSR count). The Morgan fingerprint density at radius 3 is 2.52 bits per heavy atom. The molecule has 0 saturated heterocycles. The molecule has 0 atom stereocenters. The quantitative estimate of drug-likeness (QED) is 0.381. The molecular formula is C23H24FN3O4S2. The molecular weight excluding hydrogens is 465 g/mol. The lowest BCUT2D eigenvalue weighted by Crippen LogP contribution is -2.17. The molecule has 0 unspecified atom stereocenters. The molecule has 1 aromatic heterocycles. The Labute approximate surface area is 196 Å². The standard InChI is InChI=1S/C23H24FN3O4S2/c1-15-20(17-8-10-19(11-9-17)33(29,30)26-14-27(3)4)21(22(28)25-2)32-23(15)31-13-16-6-5-7-18(24)12-16/h5-12,14H,13H2,1-4H3,(H,25,28). The largest absolute Gasteiger partial charge is 0.479 e. The predicted molar refractivity (Wildman–Crippen MR) is 128 cm³/mol. The van der Waals surface area contributed by atoms with Crippen molar-refractivity contribution >= 4 is 33.6 Å². The van der Waals surface area contributed by atoms with Crippen LogP contribution in [0.25, 0.3) is 11.1 Å². The van der Waals surface area contributed by atoms with Gasteiger partial charge in [-0.25, -0.2) is 4.39 Å². The van der Waals surface area contributed by atoms with E-state index in [1.54, 1.807) is 38.4 Å². The zero-order valence-electron chi connectivity index (χ0n) is 18.6. The minimum Gasteiger partial charge on any atom is -0.479 e. The summed E-state index contributed by atoms with van der Waals surface area (Å²) in [7, 11) is 1.05. The van der Waals surface area contributed by atoms with Gasteiger partial charge < -0.3 is 15.0 Å². The van der Waals surface area contributed by atoms with Crippen LogP contribution in [0.2, 0.25) is 0 Å². The molecule has 7 nitrogen and oxygen atoms in total. The summed E-state index contributed by atoms with van der Waals surface area (Å²) in [6.45, 7) is 1.97. The molecule has 33 heavy (non-hydrogen) atoms. The third-order valence-corrected chi connectivity index (χ3v) is 7.10. The highest BCUT2D eigenvalue weighted by atomic mass is 32.2. The first-order valence-electron chi connectivity index (χ1n) is 9.92. The molecule has 0 fully saturated rings. The van der Waals surface area contributed by atoms with Crippen LogP contribution in [0.4, 0.5) is 4.39 Å². The maximum absolute atomic E-state index is 13.5. The van der Waals surface area contributed by atoms with Crippen molar-refractivity contribution < 1.29 is 22.3 Å². The van der Waals surface area contributed by atoms with Gasteiger partial charge in [0.25, 0.3) is 15.9 Å². The summed E-state index contributed by atoms with van der Waals surface area (Å²) in [6, 6.07) is 12.3. The van der Waals surface area contributed by atoms with E-state index in [1.165, 1.54) is 53.9 Å². The summed E-state index contributed by atoms with van der Waals surface area (Å²) in [5.41, 5.74) is 2.71. The first-order chi connectivity index (χ1) is 15.6. The molecule has 0 bridgehead atoms. The van der Waals surface area contributed by atoms with Crippen molar-refractivity contribution in [1.29, 1.82) is 0 Å². The van der Waals surface area contributed by atoms with Crippen LogP contribution in [-0.4, -0.2) is 46.7 Å². The van der Waals surface area contributed by atoms with Crippen LogP contribution < -0.4 is 10.1 Å². The van der Waals surface area contributed by atoms with Gasteiger partial charge in [0.2, 0.25) is 0 Å². The molecule has 0 aliphatic heterocycles. The molecule has 3 aromatic rings. The average Bonchev–Trinajstić information content (AvgIpc) is 3.12. The fourth-order valence-corrected chi connectivity index (χ4v) is 5.08. The Balaban J connectivity index is 1.95. The third-order valence-electron chi connectivity index (χ3n) is 4.65. The summed E-state index contributed by atoms with van der Waals surface area (Å²) < 4.78 is 47.8. The molecule has 0 aliphatic carbocycles. The lowest BCUT2D eigenvalue weighted by atomic mass is 10.0. The second kappa shape index (κ2) is 10.1. The Hall–Kier alpha value is -3.24. The predicted octanol–water partition coefficient (Wildman–Crippen LogP) is 4.08. The van der Waals surface area contributed by atoms with Gasteiger partial charge in [0.1, 0.15) is 23.6 Å². The third kappa shape index (κ3) is 5.77. The lowest BCUT2D eigenvalue weighted by Gasteiger charge is -2.08. The summed E-state index contributed by atoms with van der Waals surface area (Å²) in [6.07, 6.45) is 1.22. The van der Waals surface area contributed by atoms with E-state index < -0.39 is 10.0 Å². The molecule has 0 spiro atoms. The number of sulfonamides is 1. The summed E-state index contributed by atoms with van der Waals surface area (Å²) >= 11 is 1.18. The number of thiophene rings is 1. The molecule has 1 amide bonds. The second-order valence-corrected chi connectivity index (χ2v) is 10.0. The summed E-state index contributed by atoms with van der Waals surface area (Å²) in [5, 5.41) is 3.15. The number of carbonyl (C=O) groups is 1. The zero-order chi connectivity index (χ0) is 24.2. The van der Waals surface area contributed by atoms with Crippen molar-refractivity contribution in [1.82, 2.24) is 10.2 Å². The van der Waals surface area contributed by atoms with E-state index in [2.05, 4.69) is 9.71 Å². The number of halogens is 1. The van der Waals surface area contributed by atoms with E-state index in [9.17, 15) is 17.6 Å². The van der Waals surface area contributed by atoms with Crippen LogP contribution in [0.5, 0.6) is 5.06 Å². The number of hydrogen-bond acceptors (Lipinski definition) is 5. The summed E-state index contributed by atoms with van der Waals surface area (Å²) in [4.78, 5) is 14.5. The molecule has 0 radical (unpaired) electrons. The highest BCUT2D eigenvalue weighted by molar-refractivity contribution is 7.90. The fourth-order valence-electron chi connectivity index (χ4n) is 3.04. The highest BCUT2D eigenvalue weighted by Crippen LogP contribution is 2.42. The minimum atomic E-state index is -3.84. The maximum atomic E-state index is 13.5. The van der Waals surface area contributed by atoms with E-state index in [-0.39, 0.29) is 23.2 Å². The Kier molecular flexibility index (Phi) is 7.50. The topological polar surface area (TPSA) is 88.1 Å². The van der Waals surface area contributed by atoms with Gasteiger partial charge in [0, 0.05) is 32.3 Å². The van der Waals surface area contributed by atoms with Crippen molar-refractivity contribution in [2.24, 2.45) is 4.40 Å². The van der Waals surface area contributed by atoms with Crippen LogP contribution >= 0.6 is 11.3 Å². The molecule has 0 aliphatic rings. The van der Waals surface area contributed by atoms with Gasteiger partial charge in [0.15, 0.2) is 5.06 Å². The van der Waals surface area contributed by atoms with Crippen LogP contribution in [0.3, 0.4) is 0 Å². The van der Waals surface area contributed by atoms with Gasteiger partial charge >= 0.3 is 0 Å². The second-order valence-electron chi connectivity index (χ2n) is 7.40. The Morgan fingerprint density at radius 1 is 1.21 bits per heavy atom. The van der Waals surface area contributed by atoms with E-state index in [0.717, 1.165) is 5.56 Å². The Morgan fingerprint density at radius 2 is 1.91 bits per heavy atom. The first-order valence-corrected chi connectivity index (χ1v) is 12.2. The number of nitrogens with one attached hydrogen (secondary N) is 1. The van der Waals surface area contributed by atoms with Crippen molar-refractivity contribution in [3.05, 3.63) is 70.4 Å². The highest BCUT2D eigenvalue weighted by Gasteiger charge is 2.23. The van der Waals surface area contributed by atoms with E-state index in [0.29, 0.717) is 26.6 Å². The first kappa shape index (κ1) is 24.4. The maximum Gasteiger partial charge on any atom is 0.283 e. The molecule has 1 N–H and O–H groups in total. The number of rotatable bonds is 8. The SMILES string of the molecule is CNC(=O)c1sc(OCc2cccc(F)c2)c(C)c1-c1ccc(S(=O)(=O)N=CN(C)C)cc1. The van der Waals surface area contributed by atoms with Gasteiger partial charge in [0.05, 0.1) is 4.90 Å². The molecule has 1 heterocycles. The molecule has 10 heteroatoms. The van der Waals surface area contributed by atoms with Crippen LogP contribution in [0, 0.1) is 12.7 Å². The Bertz CT molecular complexity index is 1280. The molecule has 0 saturated carbocycles. The summed E-state index contributed by atoms with van der Waals surface area (Å²) in [5.74, 6) is -0.637. The number of amides is 1. The van der Waals surface area contributed by atoms with Crippen molar-refractivity contribution in [2.75, 3.05) is 21.1 Å². The average molecular weight is 490 g/mol. The van der Waals surface area contributed by atoms with Crippen LogP contribution in [-0.2, 0) is 16.6 Å². The van der Waals surface area contributed by atoms with E-state index >= 15 is 0 Å². The van der Waals surface area contributed by atoms with Gasteiger partial charge in [-0.1, -0.05) is 35.6 Å². The fraction of sp³-hybridized carbons (Fsp3) is 0.217. The van der Waals surface area contributed by atoms with Crippen molar-refractivity contribution in [3.8, 4) is 16.2 Å². The van der Waals surface area contributed by atoms with Gasteiger partial charge in [-0.3, -0.25) is 4.79 Å². The number of benzene rings is 2. The van der Waals surface area contributed by atoms with Crippen LogP contribution in [0.1, 0.15) is 20.8 Å². The van der Waals surface area contributed by atoms with Crippen LogP contribution in [0.15, 0.2) is 57.8 Å². The number of hydrogen-bond donors (Lipinski definition) is 1. The number of carbonyl (C=O) groups excluding carboxylic acids is 1. The van der Waals surface area contributed by atoms with E-state index in [1.807, 2.05) is 6.92 Å². The van der Waals surface area contributed by atoms with Gasteiger partial charge in [-0.15, -0.1) is 4.40 Å². The smallest absolute Gasteiger partial charge is 0.283 e. The number of nitrogens with zero attached hydrogens (tertiary/aromatic N) is 2. The number of ether oxygens (including phenoxy) is 1.